The summed E-state index contributed by atoms with van der Waals surface area (Å²) in [5.41, 5.74) is 6.13. The van der Waals surface area contributed by atoms with Crippen LogP contribution in [0.15, 0.2) is 12.1 Å². The molecule has 0 saturated heterocycles. The molecule has 0 saturated carbocycles. The molecule has 0 unspecified atom stereocenters. The highest BCUT2D eigenvalue weighted by atomic mass is 16.5. The Morgan fingerprint density at radius 1 is 1.44 bits per heavy atom. The van der Waals surface area contributed by atoms with Gasteiger partial charge in [0, 0.05) is 18.6 Å². The maximum absolute atomic E-state index is 9.18. The van der Waals surface area contributed by atoms with Crippen molar-refractivity contribution in [3.05, 3.63) is 12.1 Å². The van der Waals surface area contributed by atoms with E-state index in [-0.39, 0.29) is 12.0 Å². The van der Waals surface area contributed by atoms with Gasteiger partial charge in [0.1, 0.15) is 5.82 Å². The normalized spacial score (nSPS) is 11.3. The number of nitrogens with one attached hydrogen (secondary N) is 1. The van der Waals surface area contributed by atoms with E-state index in [0.717, 1.165) is 6.42 Å². The maximum atomic E-state index is 9.18. The Hall–Kier alpha value is -1.49. The molecular formula is C13H23N3O2. The van der Waals surface area contributed by atoms with Gasteiger partial charge in [-0.25, -0.2) is 0 Å². The van der Waals surface area contributed by atoms with Crippen LogP contribution in [0.2, 0.25) is 0 Å². The Morgan fingerprint density at radius 3 is 2.78 bits per heavy atom. The van der Waals surface area contributed by atoms with Crippen molar-refractivity contribution in [2.75, 3.05) is 30.8 Å². The lowest BCUT2D eigenvalue weighted by Gasteiger charge is -2.22. The van der Waals surface area contributed by atoms with Crippen LogP contribution in [0.4, 0.5) is 11.5 Å². The molecule has 0 amide bonds. The summed E-state index contributed by atoms with van der Waals surface area (Å²) in [5, 5.41) is 12.4. The molecule has 0 fully saturated rings. The smallest absolute Gasteiger partial charge is 0.239 e. The predicted octanol–water partition coefficient (Wildman–Crippen LogP) is 1.88. The highest BCUT2D eigenvalue weighted by molar-refractivity contribution is 5.53. The fraction of sp³-hybridized carbons (Fsp3) is 0.615. The molecular weight excluding hydrogens is 230 g/mol. The molecule has 1 heterocycles. The number of ether oxygens (including phenoxy) is 1. The van der Waals surface area contributed by atoms with Gasteiger partial charge in [0.05, 0.1) is 12.3 Å². The summed E-state index contributed by atoms with van der Waals surface area (Å²) in [6.45, 7) is 7.34. The fourth-order valence-corrected chi connectivity index (χ4v) is 1.25. The summed E-state index contributed by atoms with van der Waals surface area (Å²) in [4.78, 5) is 4.31. The summed E-state index contributed by atoms with van der Waals surface area (Å²) in [6, 6.07) is 3.58. The summed E-state index contributed by atoms with van der Waals surface area (Å²) < 4.78 is 5.46. The summed E-state index contributed by atoms with van der Waals surface area (Å²) in [5.74, 6) is 1.17. The number of aliphatic hydroxyl groups excluding tert-OH is 1. The molecule has 0 atom stereocenters. The number of nitrogens with two attached hydrogens (primary N) is 1. The quantitative estimate of drug-likeness (QED) is 0.691. The van der Waals surface area contributed by atoms with E-state index in [1.165, 1.54) is 0 Å². The zero-order valence-electron chi connectivity index (χ0n) is 11.4. The van der Waals surface area contributed by atoms with Gasteiger partial charge in [0.15, 0.2) is 0 Å². The number of anilines is 2. The SMILES string of the molecule is CCCOc1nc(NCC(C)(C)CO)ccc1N. The van der Waals surface area contributed by atoms with Crippen LogP contribution in [0.3, 0.4) is 0 Å². The molecule has 1 aromatic heterocycles. The number of hydrogen-bond donors (Lipinski definition) is 3. The second kappa shape index (κ2) is 6.44. The minimum Gasteiger partial charge on any atom is -0.476 e. The number of rotatable bonds is 7. The Bertz CT molecular complexity index is 380. The first kappa shape index (κ1) is 14.6. The third-order valence-corrected chi connectivity index (χ3v) is 2.51. The molecule has 5 heteroatoms. The Kier molecular flexibility index (Phi) is 5.22. The lowest BCUT2D eigenvalue weighted by atomic mass is 9.95. The van der Waals surface area contributed by atoms with E-state index in [9.17, 15) is 5.11 Å². The van der Waals surface area contributed by atoms with Crippen molar-refractivity contribution in [1.82, 2.24) is 4.98 Å². The molecule has 0 aliphatic rings. The molecule has 0 radical (unpaired) electrons. The number of pyridine rings is 1. The van der Waals surface area contributed by atoms with Crippen LogP contribution < -0.4 is 15.8 Å². The van der Waals surface area contributed by atoms with E-state index in [0.29, 0.717) is 30.5 Å². The minimum atomic E-state index is -0.187. The summed E-state index contributed by atoms with van der Waals surface area (Å²) in [7, 11) is 0. The number of nitrogens with zero attached hydrogens (tertiary/aromatic N) is 1. The van der Waals surface area contributed by atoms with Gasteiger partial charge in [-0.05, 0) is 18.6 Å². The second-order valence-electron chi connectivity index (χ2n) is 5.12. The van der Waals surface area contributed by atoms with E-state index in [1.807, 2.05) is 26.8 Å². The molecule has 18 heavy (non-hydrogen) atoms. The molecule has 0 aliphatic carbocycles. The highest BCUT2D eigenvalue weighted by Gasteiger charge is 2.16. The molecule has 0 aromatic carbocycles. The van der Waals surface area contributed by atoms with Crippen LogP contribution >= 0.6 is 0 Å². The van der Waals surface area contributed by atoms with Crippen LogP contribution in [0.1, 0.15) is 27.2 Å². The first-order chi connectivity index (χ1) is 8.48. The zero-order valence-corrected chi connectivity index (χ0v) is 11.4. The van der Waals surface area contributed by atoms with E-state index in [1.54, 1.807) is 6.07 Å². The average Bonchev–Trinajstić information content (AvgIpc) is 2.36. The van der Waals surface area contributed by atoms with E-state index in [4.69, 9.17) is 10.5 Å². The standard InChI is InChI=1S/C13H23N3O2/c1-4-7-18-12-10(14)5-6-11(16-12)15-8-13(2,3)9-17/h5-6,17H,4,7-9,14H2,1-3H3,(H,15,16). The lowest BCUT2D eigenvalue weighted by molar-refractivity contribution is 0.170. The monoisotopic (exact) mass is 253 g/mol. The largest absolute Gasteiger partial charge is 0.476 e. The molecule has 0 aliphatic heterocycles. The molecule has 1 rings (SSSR count). The van der Waals surface area contributed by atoms with Crippen LogP contribution in [0, 0.1) is 5.41 Å². The third kappa shape index (κ3) is 4.41. The molecule has 0 bridgehead atoms. The number of hydrogen-bond acceptors (Lipinski definition) is 5. The van der Waals surface area contributed by atoms with Crippen LogP contribution in [0.5, 0.6) is 5.88 Å². The third-order valence-electron chi connectivity index (χ3n) is 2.51. The van der Waals surface area contributed by atoms with Crippen LogP contribution in [0.25, 0.3) is 0 Å². The van der Waals surface area contributed by atoms with Gasteiger partial charge in [0.25, 0.3) is 0 Å². The Morgan fingerprint density at radius 2 is 2.17 bits per heavy atom. The zero-order chi connectivity index (χ0) is 13.6. The van der Waals surface area contributed by atoms with Crippen molar-refractivity contribution in [3.8, 4) is 5.88 Å². The Balaban J connectivity index is 2.67. The summed E-state index contributed by atoms with van der Waals surface area (Å²) in [6.07, 6.45) is 0.913. The van der Waals surface area contributed by atoms with Gasteiger partial charge < -0.3 is 20.9 Å². The first-order valence-corrected chi connectivity index (χ1v) is 6.22. The molecule has 1 aromatic rings. The van der Waals surface area contributed by atoms with E-state index >= 15 is 0 Å². The molecule has 4 N–H and O–H groups in total. The highest BCUT2D eigenvalue weighted by Crippen LogP contribution is 2.22. The van der Waals surface area contributed by atoms with Crippen molar-refractivity contribution in [2.24, 2.45) is 5.41 Å². The van der Waals surface area contributed by atoms with Gasteiger partial charge in [0.2, 0.25) is 5.88 Å². The van der Waals surface area contributed by atoms with Crippen molar-refractivity contribution in [1.29, 1.82) is 0 Å². The van der Waals surface area contributed by atoms with Crippen molar-refractivity contribution >= 4 is 11.5 Å². The fourth-order valence-electron chi connectivity index (χ4n) is 1.25. The van der Waals surface area contributed by atoms with Gasteiger partial charge in [-0.2, -0.15) is 4.98 Å². The average molecular weight is 253 g/mol. The number of nitrogen functional groups attached to an aromatic ring is 1. The molecule has 102 valence electrons. The predicted molar refractivity (Wildman–Crippen MR) is 73.8 cm³/mol. The van der Waals surface area contributed by atoms with Gasteiger partial charge in [-0.3, -0.25) is 0 Å². The topological polar surface area (TPSA) is 80.4 Å². The van der Waals surface area contributed by atoms with Crippen molar-refractivity contribution in [3.63, 3.8) is 0 Å². The number of aromatic nitrogens is 1. The van der Waals surface area contributed by atoms with Crippen LogP contribution in [-0.2, 0) is 0 Å². The second-order valence-corrected chi connectivity index (χ2v) is 5.12. The summed E-state index contributed by atoms with van der Waals surface area (Å²) >= 11 is 0. The molecule has 0 spiro atoms. The van der Waals surface area contributed by atoms with E-state index in [2.05, 4.69) is 10.3 Å². The minimum absolute atomic E-state index is 0.119. The van der Waals surface area contributed by atoms with Crippen molar-refractivity contribution in [2.45, 2.75) is 27.2 Å². The van der Waals surface area contributed by atoms with Crippen molar-refractivity contribution < 1.29 is 9.84 Å². The lowest BCUT2D eigenvalue weighted by Crippen LogP contribution is -2.27. The van der Waals surface area contributed by atoms with Gasteiger partial charge >= 0.3 is 0 Å². The van der Waals surface area contributed by atoms with Crippen LogP contribution in [-0.4, -0.2) is 29.8 Å². The maximum Gasteiger partial charge on any atom is 0.239 e. The Labute approximate surface area is 108 Å². The first-order valence-electron chi connectivity index (χ1n) is 6.22. The molecule has 5 nitrogen and oxygen atoms in total. The number of aliphatic hydroxyl groups is 1. The van der Waals surface area contributed by atoms with E-state index < -0.39 is 0 Å². The van der Waals surface area contributed by atoms with Gasteiger partial charge in [-0.15, -0.1) is 0 Å². The van der Waals surface area contributed by atoms with Gasteiger partial charge in [-0.1, -0.05) is 20.8 Å².